The second-order valence-corrected chi connectivity index (χ2v) is 1.51. The molecule has 0 aliphatic carbocycles. The summed E-state index contributed by atoms with van der Waals surface area (Å²) in [4.78, 5) is 10.4. The fraction of sp³-hybridized carbons (Fsp3) is 0.800. The zero-order valence-electron chi connectivity index (χ0n) is 5.52. The van der Waals surface area contributed by atoms with E-state index in [-0.39, 0.29) is 5.91 Å². The Hall–Kier alpha value is -0.610. The largest absolute Gasteiger partial charge is 0.381 e. The number of ether oxygens (including phenoxy) is 1. The van der Waals surface area contributed by atoms with Gasteiger partial charge in [-0.1, -0.05) is 0 Å². The summed E-state index contributed by atoms with van der Waals surface area (Å²) in [6.45, 7) is 2.96. The van der Waals surface area contributed by atoms with Gasteiger partial charge in [-0.25, -0.2) is 5.84 Å². The number of nitrogens with two attached hydrogens (primary N) is 1. The molecule has 9 heavy (non-hydrogen) atoms. The third-order valence-corrected chi connectivity index (χ3v) is 0.839. The van der Waals surface area contributed by atoms with Crippen LogP contribution in [0.1, 0.15) is 13.3 Å². The van der Waals surface area contributed by atoms with Gasteiger partial charge in [0.15, 0.2) is 0 Å². The van der Waals surface area contributed by atoms with Gasteiger partial charge in [-0.15, -0.1) is 0 Å². The highest BCUT2D eigenvalue weighted by atomic mass is 16.5. The Morgan fingerprint density at radius 2 is 2.44 bits per heavy atom. The molecule has 0 fully saturated rings. The van der Waals surface area contributed by atoms with Gasteiger partial charge in [0.05, 0.1) is 13.0 Å². The lowest BCUT2D eigenvalue weighted by Crippen LogP contribution is -2.30. The third-order valence-electron chi connectivity index (χ3n) is 0.839. The molecule has 0 aromatic carbocycles. The van der Waals surface area contributed by atoms with Gasteiger partial charge >= 0.3 is 0 Å². The number of hydrogen-bond donors (Lipinski definition) is 2. The molecule has 0 saturated heterocycles. The Morgan fingerprint density at radius 1 is 1.78 bits per heavy atom. The number of hydrogen-bond acceptors (Lipinski definition) is 3. The lowest BCUT2D eigenvalue weighted by Gasteiger charge is -1.98. The van der Waals surface area contributed by atoms with Gasteiger partial charge in [0, 0.05) is 6.61 Å². The summed E-state index contributed by atoms with van der Waals surface area (Å²) in [6, 6.07) is 0. The van der Waals surface area contributed by atoms with E-state index >= 15 is 0 Å². The summed E-state index contributed by atoms with van der Waals surface area (Å²) in [5.41, 5.74) is 2.00. The van der Waals surface area contributed by atoms with Crippen molar-refractivity contribution in [1.29, 1.82) is 0 Å². The Bertz CT molecular complexity index is 85.0. The van der Waals surface area contributed by atoms with Crippen molar-refractivity contribution in [2.24, 2.45) is 5.84 Å². The number of carbonyl (C=O) groups excluding carboxylic acids is 1. The third kappa shape index (κ3) is 5.26. The lowest BCUT2D eigenvalue weighted by molar-refractivity contribution is -0.122. The zero-order valence-corrected chi connectivity index (χ0v) is 5.52. The van der Waals surface area contributed by atoms with Crippen LogP contribution in [0.3, 0.4) is 0 Å². The Labute approximate surface area is 54.3 Å². The normalized spacial score (nSPS) is 9.11. The molecule has 0 saturated carbocycles. The van der Waals surface area contributed by atoms with Gasteiger partial charge in [-0.05, 0) is 6.92 Å². The predicted octanol–water partition coefficient (Wildman–Crippen LogP) is -0.597. The highest BCUT2D eigenvalue weighted by molar-refractivity contribution is 5.75. The van der Waals surface area contributed by atoms with Crippen LogP contribution in [0.15, 0.2) is 0 Å². The first-order valence-corrected chi connectivity index (χ1v) is 2.88. The summed E-state index contributed by atoms with van der Waals surface area (Å²) in [6.07, 6.45) is 0.338. The van der Waals surface area contributed by atoms with Crippen molar-refractivity contribution in [2.75, 3.05) is 13.2 Å². The molecule has 0 aromatic heterocycles. The predicted molar refractivity (Wildman–Crippen MR) is 33.4 cm³/mol. The molecule has 0 spiro atoms. The number of carbonyl (C=O) groups is 1. The molecule has 54 valence electrons. The highest BCUT2D eigenvalue weighted by Gasteiger charge is 1.94. The van der Waals surface area contributed by atoms with E-state index in [1.807, 2.05) is 12.3 Å². The van der Waals surface area contributed by atoms with Crippen molar-refractivity contribution in [3.63, 3.8) is 0 Å². The Morgan fingerprint density at radius 3 is 2.89 bits per heavy atom. The first-order chi connectivity index (χ1) is 4.31. The van der Waals surface area contributed by atoms with Gasteiger partial charge in [0.2, 0.25) is 5.91 Å². The van der Waals surface area contributed by atoms with E-state index in [0.717, 1.165) is 0 Å². The summed E-state index contributed by atoms with van der Waals surface area (Å²) < 4.78 is 4.89. The van der Waals surface area contributed by atoms with E-state index in [9.17, 15) is 4.79 Å². The van der Waals surface area contributed by atoms with Crippen molar-refractivity contribution in [3.05, 3.63) is 0 Å². The molecule has 1 amide bonds. The highest BCUT2D eigenvalue weighted by Crippen LogP contribution is 1.79. The summed E-state index contributed by atoms with van der Waals surface area (Å²) in [5.74, 6) is 4.61. The molecule has 0 heterocycles. The van der Waals surface area contributed by atoms with Gasteiger partial charge in [0.1, 0.15) is 0 Å². The second kappa shape index (κ2) is 5.53. The standard InChI is InChI=1S/C5H12N2O2/c1-2-9-4-3-5(8)7-6/h2-4,6H2,1H3,(H,7,8). The van der Waals surface area contributed by atoms with Crippen molar-refractivity contribution in [3.8, 4) is 0 Å². The lowest BCUT2D eigenvalue weighted by atomic mass is 10.4. The SMILES string of the molecule is CCOCCC(=O)NN. The molecule has 4 heteroatoms. The first kappa shape index (κ1) is 8.39. The van der Waals surface area contributed by atoms with Gasteiger partial charge in [-0.3, -0.25) is 10.2 Å². The maximum absolute atomic E-state index is 10.4. The van der Waals surface area contributed by atoms with Crippen LogP contribution in [0.2, 0.25) is 0 Å². The van der Waals surface area contributed by atoms with Crippen molar-refractivity contribution < 1.29 is 9.53 Å². The molecule has 3 N–H and O–H groups in total. The van der Waals surface area contributed by atoms with Crippen LogP contribution < -0.4 is 11.3 Å². The second-order valence-electron chi connectivity index (χ2n) is 1.51. The summed E-state index contributed by atoms with van der Waals surface area (Å²) in [7, 11) is 0. The fourth-order valence-corrected chi connectivity index (χ4v) is 0.381. The van der Waals surface area contributed by atoms with Gasteiger partial charge < -0.3 is 4.74 Å². The number of amides is 1. The average molecular weight is 132 g/mol. The van der Waals surface area contributed by atoms with E-state index in [0.29, 0.717) is 19.6 Å². The van der Waals surface area contributed by atoms with Crippen LogP contribution in [0.4, 0.5) is 0 Å². The van der Waals surface area contributed by atoms with Gasteiger partial charge in [0.25, 0.3) is 0 Å². The van der Waals surface area contributed by atoms with Crippen LogP contribution in [0.25, 0.3) is 0 Å². The zero-order chi connectivity index (χ0) is 7.11. The minimum Gasteiger partial charge on any atom is -0.381 e. The average Bonchev–Trinajstić information content (AvgIpc) is 1.89. The van der Waals surface area contributed by atoms with E-state index in [1.165, 1.54) is 0 Å². The maximum Gasteiger partial charge on any atom is 0.236 e. The summed E-state index contributed by atoms with van der Waals surface area (Å²) in [5, 5.41) is 0. The first-order valence-electron chi connectivity index (χ1n) is 2.88. The summed E-state index contributed by atoms with van der Waals surface area (Å²) >= 11 is 0. The van der Waals surface area contributed by atoms with Crippen molar-refractivity contribution in [2.45, 2.75) is 13.3 Å². The smallest absolute Gasteiger partial charge is 0.236 e. The van der Waals surface area contributed by atoms with Gasteiger partial charge in [-0.2, -0.15) is 0 Å². The topological polar surface area (TPSA) is 64.3 Å². The van der Waals surface area contributed by atoms with Crippen LogP contribution in [0, 0.1) is 0 Å². The van der Waals surface area contributed by atoms with E-state index < -0.39 is 0 Å². The molecular formula is C5H12N2O2. The maximum atomic E-state index is 10.4. The molecule has 0 radical (unpaired) electrons. The van der Waals surface area contributed by atoms with Crippen LogP contribution in [-0.2, 0) is 9.53 Å². The molecule has 0 unspecified atom stereocenters. The minimum absolute atomic E-state index is 0.191. The Kier molecular flexibility index (Phi) is 5.15. The van der Waals surface area contributed by atoms with E-state index in [1.54, 1.807) is 0 Å². The number of rotatable bonds is 4. The molecule has 0 bridgehead atoms. The van der Waals surface area contributed by atoms with Crippen molar-refractivity contribution in [1.82, 2.24) is 5.43 Å². The van der Waals surface area contributed by atoms with E-state index in [2.05, 4.69) is 0 Å². The Balaban J connectivity index is 2.97. The van der Waals surface area contributed by atoms with Crippen LogP contribution in [-0.4, -0.2) is 19.1 Å². The molecule has 4 nitrogen and oxygen atoms in total. The number of hydrazine groups is 1. The fourth-order valence-electron chi connectivity index (χ4n) is 0.381. The van der Waals surface area contributed by atoms with Crippen LogP contribution in [0.5, 0.6) is 0 Å². The minimum atomic E-state index is -0.191. The van der Waals surface area contributed by atoms with Crippen LogP contribution >= 0.6 is 0 Å². The quantitative estimate of drug-likeness (QED) is 0.232. The monoisotopic (exact) mass is 132 g/mol. The molecule has 0 aliphatic heterocycles. The molecule has 0 atom stereocenters. The molecule has 0 aromatic rings. The number of nitrogens with one attached hydrogen (secondary N) is 1. The molecule has 0 rings (SSSR count). The van der Waals surface area contributed by atoms with Crippen molar-refractivity contribution >= 4 is 5.91 Å². The molecular weight excluding hydrogens is 120 g/mol. The van der Waals surface area contributed by atoms with E-state index in [4.69, 9.17) is 10.6 Å². The molecule has 0 aliphatic rings.